The predicted molar refractivity (Wildman–Crippen MR) is 114 cm³/mol. The number of rotatable bonds is 5. The van der Waals surface area contributed by atoms with Gasteiger partial charge in [0.2, 0.25) is 5.91 Å². The molecule has 0 saturated carbocycles. The van der Waals surface area contributed by atoms with E-state index < -0.39 is 0 Å². The summed E-state index contributed by atoms with van der Waals surface area (Å²) in [5, 5.41) is 4.70. The third kappa shape index (κ3) is 3.23. The van der Waals surface area contributed by atoms with Crippen LogP contribution in [-0.2, 0) is 4.79 Å². The molecular formula is C22H18N4O2S. The molecule has 0 aliphatic carbocycles. The first-order valence-electron chi connectivity index (χ1n) is 9.32. The van der Waals surface area contributed by atoms with Gasteiger partial charge >= 0.3 is 0 Å². The molecule has 2 aromatic carbocycles. The van der Waals surface area contributed by atoms with Crippen molar-refractivity contribution in [3.8, 4) is 0 Å². The zero-order chi connectivity index (χ0) is 19.8. The molecule has 1 atom stereocenters. The second-order valence-electron chi connectivity index (χ2n) is 6.76. The molecule has 0 aliphatic heterocycles. The van der Waals surface area contributed by atoms with Crippen molar-refractivity contribution in [2.24, 2.45) is 0 Å². The Morgan fingerprint density at radius 1 is 1.07 bits per heavy atom. The fraction of sp³-hybridized carbons (Fsp3) is 0.136. The Bertz CT molecular complexity index is 1330. The molecule has 5 rings (SSSR count). The van der Waals surface area contributed by atoms with Crippen LogP contribution < -0.4 is 5.32 Å². The fourth-order valence-electron chi connectivity index (χ4n) is 3.43. The van der Waals surface area contributed by atoms with Crippen LogP contribution in [0.5, 0.6) is 0 Å². The van der Waals surface area contributed by atoms with E-state index in [-0.39, 0.29) is 17.7 Å². The monoisotopic (exact) mass is 402 g/mol. The molecule has 0 aliphatic rings. The van der Waals surface area contributed by atoms with Crippen molar-refractivity contribution >= 4 is 45.3 Å². The van der Waals surface area contributed by atoms with Crippen LogP contribution in [0.2, 0.25) is 0 Å². The molecule has 29 heavy (non-hydrogen) atoms. The number of furan rings is 1. The second-order valence-corrected chi connectivity index (χ2v) is 7.71. The molecule has 1 amide bonds. The average molecular weight is 402 g/mol. The zero-order valence-corrected chi connectivity index (χ0v) is 16.5. The van der Waals surface area contributed by atoms with Crippen molar-refractivity contribution in [1.29, 1.82) is 0 Å². The summed E-state index contributed by atoms with van der Waals surface area (Å²) in [5.41, 5.74) is 3.60. The maximum Gasteiger partial charge on any atom is 0.231 e. The number of fused-ring (bicyclic) bond motifs is 5. The molecule has 0 spiro atoms. The van der Waals surface area contributed by atoms with Crippen LogP contribution >= 0.6 is 11.8 Å². The van der Waals surface area contributed by atoms with Crippen molar-refractivity contribution in [2.75, 3.05) is 5.75 Å². The lowest BCUT2D eigenvalue weighted by Gasteiger charge is -2.12. The Kier molecular flexibility index (Phi) is 4.44. The summed E-state index contributed by atoms with van der Waals surface area (Å²) in [6.07, 6.45) is 1.60. The van der Waals surface area contributed by atoms with Crippen LogP contribution in [0.4, 0.5) is 0 Å². The molecule has 1 N–H and O–H groups in total. The van der Waals surface area contributed by atoms with Crippen LogP contribution in [0.3, 0.4) is 0 Å². The molecule has 6 nitrogen and oxygen atoms in total. The lowest BCUT2D eigenvalue weighted by Crippen LogP contribution is -2.28. The Morgan fingerprint density at radius 3 is 2.69 bits per heavy atom. The van der Waals surface area contributed by atoms with Gasteiger partial charge in [-0.15, -0.1) is 0 Å². The van der Waals surface area contributed by atoms with Crippen molar-refractivity contribution in [2.45, 2.75) is 18.1 Å². The number of nitrogens with zero attached hydrogens (tertiary/aromatic N) is 3. The topological polar surface area (TPSA) is 72.4 Å². The minimum Gasteiger partial charge on any atom is -0.467 e. The van der Waals surface area contributed by atoms with Gasteiger partial charge in [0, 0.05) is 5.39 Å². The van der Waals surface area contributed by atoms with Gasteiger partial charge in [0.1, 0.15) is 11.4 Å². The van der Waals surface area contributed by atoms with E-state index in [9.17, 15) is 4.79 Å². The van der Waals surface area contributed by atoms with Gasteiger partial charge < -0.3 is 9.73 Å². The largest absolute Gasteiger partial charge is 0.467 e. The first-order chi connectivity index (χ1) is 14.2. The van der Waals surface area contributed by atoms with Gasteiger partial charge in [-0.1, -0.05) is 36.0 Å². The second kappa shape index (κ2) is 7.25. The highest BCUT2D eigenvalue weighted by Crippen LogP contribution is 2.28. The summed E-state index contributed by atoms with van der Waals surface area (Å²) in [6, 6.07) is 19.4. The summed E-state index contributed by atoms with van der Waals surface area (Å²) in [5.74, 6) is 0.902. The fourth-order valence-corrected chi connectivity index (χ4v) is 4.25. The number of amides is 1. The smallest absolute Gasteiger partial charge is 0.231 e. The molecule has 0 bridgehead atoms. The van der Waals surface area contributed by atoms with E-state index in [1.54, 1.807) is 6.26 Å². The van der Waals surface area contributed by atoms with E-state index in [1.165, 1.54) is 11.8 Å². The Balaban J connectivity index is 1.49. The molecule has 0 fully saturated rings. The maximum atomic E-state index is 12.5. The summed E-state index contributed by atoms with van der Waals surface area (Å²) in [6.45, 7) is 1.90. The molecule has 144 valence electrons. The number of hydrogen-bond donors (Lipinski definition) is 1. The van der Waals surface area contributed by atoms with Gasteiger partial charge in [0.15, 0.2) is 5.16 Å². The number of carbonyl (C=O) groups excluding carboxylic acids is 1. The Morgan fingerprint density at radius 2 is 1.86 bits per heavy atom. The first-order valence-corrected chi connectivity index (χ1v) is 10.3. The molecule has 1 unspecified atom stereocenters. The lowest BCUT2D eigenvalue weighted by molar-refractivity contribution is -0.119. The van der Waals surface area contributed by atoms with Gasteiger partial charge in [-0.05, 0) is 43.3 Å². The number of aromatic nitrogens is 3. The Labute approximate surface area is 170 Å². The van der Waals surface area contributed by atoms with E-state index in [0.29, 0.717) is 0 Å². The normalized spacial score (nSPS) is 12.6. The SMILES string of the molecule is CC(NC(=O)CSc1nc2ccccc2c2nc3ccccc3n12)c1ccco1. The summed E-state index contributed by atoms with van der Waals surface area (Å²) in [7, 11) is 0. The van der Waals surface area contributed by atoms with Crippen molar-refractivity contribution < 1.29 is 9.21 Å². The standard InChI is InChI=1S/C22H18N4O2S/c1-14(19-11-6-12-28-19)23-20(27)13-29-22-25-16-8-3-2-7-15(16)21-24-17-9-4-5-10-18(17)26(21)22/h2-12,14H,13H2,1H3,(H,23,27). The number of hydrogen-bond acceptors (Lipinski definition) is 5. The number of para-hydroxylation sites is 3. The van der Waals surface area contributed by atoms with Crippen LogP contribution in [0, 0.1) is 0 Å². The highest BCUT2D eigenvalue weighted by Gasteiger charge is 2.16. The molecule has 3 aromatic heterocycles. The minimum absolute atomic E-state index is 0.0774. The van der Waals surface area contributed by atoms with E-state index in [2.05, 4.69) is 5.32 Å². The van der Waals surface area contributed by atoms with Crippen molar-refractivity contribution in [3.63, 3.8) is 0 Å². The molecule has 5 aromatic rings. The number of imidazole rings is 1. The van der Waals surface area contributed by atoms with E-state index in [0.717, 1.165) is 38.5 Å². The quantitative estimate of drug-likeness (QED) is 0.344. The number of carbonyl (C=O) groups is 1. The van der Waals surface area contributed by atoms with Gasteiger partial charge in [-0.2, -0.15) is 0 Å². The molecule has 7 heteroatoms. The number of thioether (sulfide) groups is 1. The lowest BCUT2D eigenvalue weighted by atomic mass is 10.2. The Hall–Kier alpha value is -3.32. The van der Waals surface area contributed by atoms with Gasteiger partial charge in [0.25, 0.3) is 0 Å². The summed E-state index contributed by atoms with van der Waals surface area (Å²) < 4.78 is 7.39. The predicted octanol–water partition coefficient (Wildman–Crippen LogP) is 4.60. The minimum atomic E-state index is -0.184. The van der Waals surface area contributed by atoms with E-state index in [1.807, 2.05) is 72.0 Å². The van der Waals surface area contributed by atoms with Crippen LogP contribution in [0.25, 0.3) is 27.6 Å². The van der Waals surface area contributed by atoms with Crippen molar-refractivity contribution in [3.05, 3.63) is 72.7 Å². The van der Waals surface area contributed by atoms with Crippen LogP contribution in [-0.4, -0.2) is 26.0 Å². The zero-order valence-electron chi connectivity index (χ0n) is 15.7. The van der Waals surface area contributed by atoms with Gasteiger partial charge in [0.05, 0.1) is 34.6 Å². The highest BCUT2D eigenvalue weighted by atomic mass is 32.2. The van der Waals surface area contributed by atoms with Crippen LogP contribution in [0.15, 0.2) is 76.5 Å². The van der Waals surface area contributed by atoms with E-state index >= 15 is 0 Å². The molecular weight excluding hydrogens is 384 g/mol. The first kappa shape index (κ1) is 17.8. The van der Waals surface area contributed by atoms with Crippen molar-refractivity contribution in [1.82, 2.24) is 19.7 Å². The third-order valence-electron chi connectivity index (χ3n) is 4.79. The number of nitrogens with one attached hydrogen (secondary N) is 1. The van der Waals surface area contributed by atoms with Gasteiger partial charge in [-0.25, -0.2) is 9.97 Å². The maximum absolute atomic E-state index is 12.5. The summed E-state index contributed by atoms with van der Waals surface area (Å²) in [4.78, 5) is 22.1. The van der Waals surface area contributed by atoms with Gasteiger partial charge in [-0.3, -0.25) is 9.20 Å². The van der Waals surface area contributed by atoms with E-state index in [4.69, 9.17) is 14.4 Å². The molecule has 3 heterocycles. The average Bonchev–Trinajstić information content (AvgIpc) is 3.40. The highest BCUT2D eigenvalue weighted by molar-refractivity contribution is 7.99. The summed E-state index contributed by atoms with van der Waals surface area (Å²) >= 11 is 1.40. The molecule has 0 radical (unpaired) electrons. The third-order valence-corrected chi connectivity index (χ3v) is 5.73. The molecule has 0 saturated heterocycles. The van der Waals surface area contributed by atoms with Crippen LogP contribution in [0.1, 0.15) is 18.7 Å². The number of benzene rings is 2.